The van der Waals surface area contributed by atoms with E-state index in [1.54, 1.807) is 12.1 Å². The molecule has 0 aliphatic heterocycles. The summed E-state index contributed by atoms with van der Waals surface area (Å²) in [6.07, 6.45) is 1.25. The van der Waals surface area contributed by atoms with Crippen molar-refractivity contribution in [1.82, 2.24) is 10.2 Å². The van der Waals surface area contributed by atoms with Crippen molar-refractivity contribution in [3.8, 4) is 6.07 Å². The van der Waals surface area contributed by atoms with Crippen molar-refractivity contribution in [2.75, 3.05) is 4.72 Å². The predicted octanol–water partition coefficient (Wildman–Crippen LogP) is 2.15. The van der Waals surface area contributed by atoms with Gasteiger partial charge >= 0.3 is 0 Å². The zero-order chi connectivity index (χ0) is 14.0. The molecule has 0 bridgehead atoms. The van der Waals surface area contributed by atoms with Crippen LogP contribution in [0.15, 0.2) is 33.8 Å². The second kappa shape index (κ2) is 5.03. The number of aryl methyl sites for hydroxylation is 1. The van der Waals surface area contributed by atoms with E-state index < -0.39 is 10.0 Å². The molecule has 0 aliphatic carbocycles. The highest BCUT2D eigenvalue weighted by Gasteiger charge is 2.20. The Kier molecular flexibility index (Phi) is 3.59. The molecule has 6 nitrogen and oxygen atoms in total. The highest BCUT2D eigenvalue weighted by atomic mass is 79.9. The molecule has 1 aromatic heterocycles. The number of benzene rings is 1. The fraction of sp³-hybridized carbons (Fsp3) is 0.0909. The molecule has 1 heterocycles. The molecule has 0 spiro atoms. The van der Waals surface area contributed by atoms with E-state index in [-0.39, 0.29) is 16.3 Å². The summed E-state index contributed by atoms with van der Waals surface area (Å²) in [4.78, 5) is 0.0941. The zero-order valence-corrected chi connectivity index (χ0v) is 12.2. The van der Waals surface area contributed by atoms with Crippen LogP contribution in [0.1, 0.15) is 11.1 Å². The standard InChI is InChI=1S/C11H9BrN4O2S/c1-7-2-3-10(9(12)4-7)19(17,18)16-11-8(5-13)6-14-15-11/h2-4,6H,1H3,(H2,14,15,16). The number of hydrogen-bond acceptors (Lipinski definition) is 4. The number of nitrogens with one attached hydrogen (secondary N) is 2. The Morgan fingerprint density at radius 2 is 2.21 bits per heavy atom. The molecule has 0 amide bonds. The van der Waals surface area contributed by atoms with Crippen LogP contribution in [-0.4, -0.2) is 18.6 Å². The van der Waals surface area contributed by atoms with Gasteiger partial charge in [-0.15, -0.1) is 0 Å². The number of halogens is 1. The van der Waals surface area contributed by atoms with E-state index in [2.05, 4.69) is 30.8 Å². The fourth-order valence-corrected chi connectivity index (χ4v) is 3.69. The second-order valence-corrected chi connectivity index (χ2v) is 6.32. The summed E-state index contributed by atoms with van der Waals surface area (Å²) in [5, 5.41) is 14.9. The van der Waals surface area contributed by atoms with Crippen molar-refractivity contribution in [2.24, 2.45) is 0 Å². The normalized spacial score (nSPS) is 11.0. The molecule has 2 aromatic rings. The van der Waals surface area contributed by atoms with Gasteiger partial charge in [-0.1, -0.05) is 6.07 Å². The molecule has 0 fully saturated rings. The molecular formula is C11H9BrN4O2S. The first kappa shape index (κ1) is 13.6. The van der Waals surface area contributed by atoms with Gasteiger partial charge in [-0.3, -0.25) is 9.82 Å². The smallest absolute Gasteiger partial charge is 0.263 e. The molecule has 19 heavy (non-hydrogen) atoms. The molecule has 0 saturated heterocycles. The number of sulfonamides is 1. The van der Waals surface area contributed by atoms with Gasteiger partial charge in [0.25, 0.3) is 10.0 Å². The lowest BCUT2D eigenvalue weighted by Crippen LogP contribution is -2.14. The van der Waals surface area contributed by atoms with E-state index in [0.717, 1.165) is 5.56 Å². The van der Waals surface area contributed by atoms with Gasteiger partial charge < -0.3 is 0 Å². The monoisotopic (exact) mass is 340 g/mol. The minimum Gasteiger partial charge on any atom is -0.263 e. The highest BCUT2D eigenvalue weighted by Crippen LogP contribution is 2.25. The average Bonchev–Trinajstić information content (AvgIpc) is 2.74. The van der Waals surface area contributed by atoms with Crippen LogP contribution in [-0.2, 0) is 10.0 Å². The summed E-state index contributed by atoms with van der Waals surface area (Å²) in [6, 6.07) is 6.72. The minimum absolute atomic E-state index is 0.0509. The van der Waals surface area contributed by atoms with Gasteiger partial charge in [-0.2, -0.15) is 10.4 Å². The number of rotatable bonds is 3. The van der Waals surface area contributed by atoms with Gasteiger partial charge in [0, 0.05) is 4.47 Å². The number of hydrogen-bond donors (Lipinski definition) is 2. The Morgan fingerprint density at radius 1 is 1.47 bits per heavy atom. The molecule has 0 atom stereocenters. The molecule has 2 rings (SSSR count). The quantitative estimate of drug-likeness (QED) is 0.894. The number of nitriles is 1. The minimum atomic E-state index is -3.78. The van der Waals surface area contributed by atoms with Crippen molar-refractivity contribution in [3.63, 3.8) is 0 Å². The van der Waals surface area contributed by atoms with E-state index in [0.29, 0.717) is 4.47 Å². The molecule has 0 saturated carbocycles. The van der Waals surface area contributed by atoms with Crippen LogP contribution in [0.25, 0.3) is 0 Å². The summed E-state index contributed by atoms with van der Waals surface area (Å²) in [6.45, 7) is 1.86. The Morgan fingerprint density at radius 3 is 2.84 bits per heavy atom. The molecule has 0 radical (unpaired) electrons. The molecule has 2 N–H and O–H groups in total. The Bertz CT molecular complexity index is 761. The topological polar surface area (TPSA) is 98.6 Å². The van der Waals surface area contributed by atoms with Crippen LogP contribution < -0.4 is 4.72 Å². The highest BCUT2D eigenvalue weighted by molar-refractivity contribution is 9.10. The Balaban J connectivity index is 2.41. The first-order chi connectivity index (χ1) is 8.94. The van der Waals surface area contributed by atoms with Gasteiger partial charge in [0.1, 0.15) is 16.5 Å². The van der Waals surface area contributed by atoms with Crippen LogP contribution in [0.4, 0.5) is 5.82 Å². The molecule has 0 aliphatic rings. The van der Waals surface area contributed by atoms with Gasteiger partial charge in [-0.05, 0) is 40.5 Å². The number of H-pyrrole nitrogens is 1. The molecule has 8 heteroatoms. The van der Waals surface area contributed by atoms with Gasteiger partial charge in [0.05, 0.1) is 6.20 Å². The van der Waals surface area contributed by atoms with Crippen LogP contribution in [0, 0.1) is 18.3 Å². The van der Waals surface area contributed by atoms with Crippen LogP contribution >= 0.6 is 15.9 Å². The largest absolute Gasteiger partial charge is 0.264 e. The van der Waals surface area contributed by atoms with E-state index in [1.165, 1.54) is 12.3 Å². The van der Waals surface area contributed by atoms with E-state index >= 15 is 0 Å². The van der Waals surface area contributed by atoms with Gasteiger partial charge in [0.2, 0.25) is 0 Å². The SMILES string of the molecule is Cc1ccc(S(=O)(=O)Nc2[nH]ncc2C#N)c(Br)c1. The van der Waals surface area contributed by atoms with Crippen molar-refractivity contribution in [1.29, 1.82) is 5.26 Å². The summed E-state index contributed by atoms with van der Waals surface area (Å²) in [7, 11) is -3.78. The van der Waals surface area contributed by atoms with E-state index in [1.807, 2.05) is 13.0 Å². The van der Waals surface area contributed by atoms with Crippen molar-refractivity contribution < 1.29 is 8.42 Å². The first-order valence-electron chi connectivity index (χ1n) is 5.16. The number of nitrogens with zero attached hydrogens (tertiary/aromatic N) is 2. The second-order valence-electron chi connectivity index (χ2n) is 3.81. The molecule has 0 unspecified atom stereocenters. The maximum absolute atomic E-state index is 12.2. The fourth-order valence-electron chi connectivity index (χ4n) is 1.46. The number of aromatic nitrogens is 2. The lowest BCUT2D eigenvalue weighted by Gasteiger charge is -2.08. The van der Waals surface area contributed by atoms with Crippen molar-refractivity contribution in [3.05, 3.63) is 40.0 Å². The average molecular weight is 341 g/mol. The van der Waals surface area contributed by atoms with E-state index in [9.17, 15) is 8.42 Å². The van der Waals surface area contributed by atoms with E-state index in [4.69, 9.17) is 5.26 Å². The Labute approximate surface area is 118 Å². The lowest BCUT2D eigenvalue weighted by atomic mass is 10.2. The van der Waals surface area contributed by atoms with Crippen molar-refractivity contribution in [2.45, 2.75) is 11.8 Å². The third-order valence-electron chi connectivity index (χ3n) is 2.37. The number of aromatic amines is 1. The van der Waals surface area contributed by atoms with Gasteiger partial charge in [-0.25, -0.2) is 8.42 Å². The van der Waals surface area contributed by atoms with Crippen LogP contribution in [0.5, 0.6) is 0 Å². The summed E-state index contributed by atoms with van der Waals surface area (Å²) in [5.74, 6) is 0.0509. The Hall–Kier alpha value is -1.85. The van der Waals surface area contributed by atoms with Crippen LogP contribution in [0.3, 0.4) is 0 Å². The molecule has 1 aromatic carbocycles. The third kappa shape index (κ3) is 2.77. The maximum atomic E-state index is 12.2. The molecule has 98 valence electrons. The van der Waals surface area contributed by atoms with Crippen molar-refractivity contribution >= 4 is 31.8 Å². The lowest BCUT2D eigenvalue weighted by molar-refractivity contribution is 0.600. The first-order valence-corrected chi connectivity index (χ1v) is 7.44. The van der Waals surface area contributed by atoms with Crippen LogP contribution in [0.2, 0.25) is 0 Å². The summed E-state index contributed by atoms with van der Waals surface area (Å²) < 4.78 is 27.2. The summed E-state index contributed by atoms with van der Waals surface area (Å²) in [5.41, 5.74) is 1.07. The molecular weight excluding hydrogens is 332 g/mol. The maximum Gasteiger partial charge on any atom is 0.264 e. The zero-order valence-electron chi connectivity index (χ0n) is 9.81. The van der Waals surface area contributed by atoms with Gasteiger partial charge in [0.15, 0.2) is 5.82 Å². The third-order valence-corrected chi connectivity index (χ3v) is 4.70. The summed E-state index contributed by atoms with van der Waals surface area (Å²) >= 11 is 3.21. The number of anilines is 1. The predicted molar refractivity (Wildman–Crippen MR) is 73.0 cm³/mol.